The molecule has 0 atom stereocenters. The van der Waals surface area contributed by atoms with Gasteiger partial charge in [0.05, 0.1) is 6.61 Å². The minimum atomic E-state index is -0.672. The van der Waals surface area contributed by atoms with Crippen molar-refractivity contribution in [1.82, 2.24) is 0 Å². The number of ether oxygens (including phenoxy) is 2. The molecule has 0 amide bonds. The van der Waals surface area contributed by atoms with Crippen molar-refractivity contribution >= 4 is 6.16 Å². The molecule has 0 aromatic rings. The molecular formula is C10H16O3Pu. The number of carbonyl (C=O) groups is 1. The average molecular weight is 428 g/mol. The first-order chi connectivity index (χ1) is 6.31. The van der Waals surface area contributed by atoms with E-state index in [4.69, 9.17) is 11.2 Å². The molecule has 80 valence electrons. The van der Waals surface area contributed by atoms with Crippen LogP contribution in [0.15, 0.2) is 0 Å². The number of unbranched alkanes of at least 4 members (excludes halogenated alkanes) is 3. The summed E-state index contributed by atoms with van der Waals surface area (Å²) >= 11 is 0. The van der Waals surface area contributed by atoms with Crippen LogP contribution in [0, 0.1) is 41.5 Å². The topological polar surface area (TPSA) is 35.5 Å². The zero-order chi connectivity index (χ0) is 9.94. The molecule has 0 heterocycles. The van der Waals surface area contributed by atoms with Gasteiger partial charge in [0.15, 0.2) is 6.61 Å². The molecule has 0 aromatic heterocycles. The van der Waals surface area contributed by atoms with Crippen molar-refractivity contribution < 1.29 is 43.4 Å². The van der Waals surface area contributed by atoms with Gasteiger partial charge in [0, 0.05) is 29.2 Å². The molecule has 0 fully saturated rings. The summed E-state index contributed by atoms with van der Waals surface area (Å²) in [6.45, 7) is 2.53. The predicted molar refractivity (Wildman–Crippen MR) is 50.3 cm³/mol. The molecule has 0 aliphatic rings. The van der Waals surface area contributed by atoms with Crippen LogP contribution in [-0.4, -0.2) is 19.4 Å². The number of terminal acetylenes is 1. The third-order valence-corrected chi connectivity index (χ3v) is 1.49. The maximum Gasteiger partial charge on any atom is 0.509 e. The second-order valence-electron chi connectivity index (χ2n) is 2.65. The maximum absolute atomic E-state index is 10.7. The van der Waals surface area contributed by atoms with Gasteiger partial charge in [0.25, 0.3) is 0 Å². The van der Waals surface area contributed by atoms with E-state index < -0.39 is 6.16 Å². The summed E-state index contributed by atoms with van der Waals surface area (Å²) in [4.78, 5) is 10.7. The monoisotopic (exact) mass is 422 g/mol. The Morgan fingerprint density at radius 2 is 2.00 bits per heavy atom. The van der Waals surface area contributed by atoms with Crippen molar-refractivity contribution in [3.8, 4) is 12.3 Å². The molecule has 0 unspecified atom stereocenters. The summed E-state index contributed by atoms with van der Waals surface area (Å²) in [5.74, 6) is 2.19. The van der Waals surface area contributed by atoms with Crippen LogP contribution in [0.5, 0.6) is 0 Å². The third-order valence-electron chi connectivity index (χ3n) is 1.49. The van der Waals surface area contributed by atoms with Crippen LogP contribution in [0.3, 0.4) is 0 Å². The van der Waals surface area contributed by atoms with Crippen LogP contribution in [0.1, 0.15) is 32.6 Å². The van der Waals surface area contributed by atoms with Crippen molar-refractivity contribution in [3.05, 3.63) is 0 Å². The van der Waals surface area contributed by atoms with E-state index in [0.29, 0.717) is 6.61 Å². The average Bonchev–Trinajstić information content (AvgIpc) is 2.14. The van der Waals surface area contributed by atoms with E-state index in [2.05, 4.69) is 17.6 Å². The fraction of sp³-hybridized carbons (Fsp3) is 0.700. The van der Waals surface area contributed by atoms with Gasteiger partial charge in [0.2, 0.25) is 0 Å². The van der Waals surface area contributed by atoms with Crippen LogP contribution in [0.25, 0.3) is 0 Å². The van der Waals surface area contributed by atoms with Crippen LogP contribution < -0.4 is 0 Å². The number of carbonyl (C=O) groups excluding carboxylic acids is 1. The zero-order valence-corrected chi connectivity index (χ0v) is 11.9. The molecule has 14 heavy (non-hydrogen) atoms. The summed E-state index contributed by atoms with van der Waals surface area (Å²) in [5.41, 5.74) is 0. The normalized spacial score (nSPS) is 8.29. The van der Waals surface area contributed by atoms with E-state index in [1.165, 1.54) is 12.8 Å². The summed E-state index contributed by atoms with van der Waals surface area (Å²) in [6, 6.07) is 0. The van der Waals surface area contributed by atoms with Crippen molar-refractivity contribution in [3.63, 3.8) is 0 Å². The van der Waals surface area contributed by atoms with Crippen LogP contribution >= 0.6 is 0 Å². The predicted octanol–water partition coefficient (Wildman–Crippen LogP) is 2.35. The van der Waals surface area contributed by atoms with Crippen molar-refractivity contribution in [2.75, 3.05) is 13.2 Å². The van der Waals surface area contributed by atoms with Gasteiger partial charge in [-0.25, -0.2) is 4.79 Å². The molecule has 0 saturated carbocycles. The molecule has 0 spiro atoms. The van der Waals surface area contributed by atoms with E-state index in [1.54, 1.807) is 0 Å². The minimum absolute atomic E-state index is 0. The molecule has 0 N–H and O–H groups in total. The van der Waals surface area contributed by atoms with Gasteiger partial charge in [-0.15, -0.1) is 6.42 Å². The van der Waals surface area contributed by atoms with Gasteiger partial charge < -0.3 is 9.47 Å². The van der Waals surface area contributed by atoms with Gasteiger partial charge in [-0.2, -0.15) is 0 Å². The largest absolute Gasteiger partial charge is 0.509 e. The molecular weight excluding hydrogens is 412 g/mol. The Morgan fingerprint density at radius 3 is 2.57 bits per heavy atom. The molecule has 0 aromatic carbocycles. The summed E-state index contributed by atoms with van der Waals surface area (Å²) in [7, 11) is 0. The Morgan fingerprint density at radius 1 is 1.29 bits per heavy atom. The first kappa shape index (κ1) is 16.3. The fourth-order valence-electron chi connectivity index (χ4n) is 0.827. The van der Waals surface area contributed by atoms with E-state index >= 15 is 0 Å². The Kier molecular flexibility index (Phi) is 14.9. The summed E-state index contributed by atoms with van der Waals surface area (Å²) in [6.07, 6.45) is 8.52. The smallest absolute Gasteiger partial charge is 0.434 e. The number of hydrogen-bond acceptors (Lipinski definition) is 3. The van der Waals surface area contributed by atoms with E-state index in [0.717, 1.165) is 12.8 Å². The zero-order valence-electron chi connectivity index (χ0n) is 8.45. The van der Waals surface area contributed by atoms with Gasteiger partial charge in [-0.05, 0) is 6.42 Å². The standard InChI is InChI=1S/C10H16O3.Pu/c1-3-5-6-7-9-13-10(11)12-8-4-2;/h2H,3,5-9H2,1H3;. The van der Waals surface area contributed by atoms with Crippen molar-refractivity contribution in [2.24, 2.45) is 0 Å². The second-order valence-corrected chi connectivity index (χ2v) is 2.65. The third kappa shape index (κ3) is 11.8. The molecule has 0 saturated heterocycles. The molecule has 0 aliphatic carbocycles. The molecule has 0 aliphatic heterocycles. The van der Waals surface area contributed by atoms with E-state index in [9.17, 15) is 4.79 Å². The Balaban J connectivity index is 0. The van der Waals surface area contributed by atoms with Crippen LogP contribution in [0.2, 0.25) is 0 Å². The first-order valence-electron chi connectivity index (χ1n) is 4.54. The second kappa shape index (κ2) is 12.8. The van der Waals surface area contributed by atoms with Gasteiger partial charge in [0.1, 0.15) is 0 Å². The van der Waals surface area contributed by atoms with Crippen LogP contribution in [0.4, 0.5) is 4.79 Å². The molecule has 3 nitrogen and oxygen atoms in total. The van der Waals surface area contributed by atoms with E-state index in [1.807, 2.05) is 0 Å². The Hall–Kier alpha value is -0.183. The van der Waals surface area contributed by atoms with E-state index in [-0.39, 0.29) is 35.8 Å². The number of hydrogen-bond donors (Lipinski definition) is 0. The Labute approximate surface area is 107 Å². The molecule has 0 radical (unpaired) electrons. The Bertz CT molecular complexity index is 175. The van der Waals surface area contributed by atoms with Crippen molar-refractivity contribution in [2.45, 2.75) is 32.6 Å². The number of rotatable bonds is 6. The molecule has 0 bridgehead atoms. The molecule has 0 rings (SSSR count). The summed E-state index contributed by atoms with van der Waals surface area (Å²) in [5, 5.41) is 0. The van der Waals surface area contributed by atoms with Crippen molar-refractivity contribution in [1.29, 1.82) is 0 Å². The minimum Gasteiger partial charge on any atom is -0.434 e. The first-order valence-corrected chi connectivity index (χ1v) is 4.54. The van der Waals surface area contributed by atoms with Crippen LogP contribution in [-0.2, 0) is 9.47 Å². The fourth-order valence-corrected chi connectivity index (χ4v) is 0.827. The SMILES string of the molecule is C#CCOC(=O)OCCCCCC.[Pu]. The summed E-state index contributed by atoms with van der Waals surface area (Å²) < 4.78 is 9.23. The quantitative estimate of drug-likeness (QED) is 0.370. The van der Waals surface area contributed by atoms with Gasteiger partial charge >= 0.3 is 6.16 Å². The van der Waals surface area contributed by atoms with Gasteiger partial charge in [-0.1, -0.05) is 32.1 Å². The van der Waals surface area contributed by atoms with Gasteiger partial charge in [-0.3, -0.25) is 0 Å². The maximum atomic E-state index is 10.7. The molecule has 4 heteroatoms.